The molecule has 0 aliphatic rings. The summed E-state index contributed by atoms with van der Waals surface area (Å²) in [7, 11) is 0. The number of nitrogens with two attached hydrogens (primary N) is 1. The first-order valence-corrected chi connectivity index (χ1v) is 10.4. The quantitative estimate of drug-likeness (QED) is 0.334. The Balaban J connectivity index is 1.67. The van der Waals surface area contributed by atoms with Gasteiger partial charge in [-0.05, 0) is 30.3 Å². The van der Waals surface area contributed by atoms with Crippen molar-refractivity contribution in [3.05, 3.63) is 76.5 Å². The summed E-state index contributed by atoms with van der Waals surface area (Å²) >= 11 is 12.3. The van der Waals surface area contributed by atoms with E-state index in [2.05, 4.69) is 25.4 Å². The summed E-state index contributed by atoms with van der Waals surface area (Å²) in [6.07, 6.45) is 3.27. The van der Waals surface area contributed by atoms with Crippen LogP contribution in [0.25, 0.3) is 39.9 Å². The van der Waals surface area contributed by atoms with Gasteiger partial charge in [0.15, 0.2) is 5.69 Å². The molecule has 0 aliphatic carbocycles. The molecular formula is C22H14Cl2FN7O. The molecule has 5 rings (SSSR count). The molecular weight excluding hydrogens is 468 g/mol. The van der Waals surface area contributed by atoms with Gasteiger partial charge in [-0.2, -0.15) is 4.98 Å². The Labute approximate surface area is 196 Å². The van der Waals surface area contributed by atoms with E-state index in [9.17, 15) is 4.39 Å². The summed E-state index contributed by atoms with van der Waals surface area (Å²) in [6, 6.07) is 13.8. The number of pyridine rings is 1. The zero-order valence-electron chi connectivity index (χ0n) is 16.8. The lowest BCUT2D eigenvalue weighted by molar-refractivity contribution is 0.431. The van der Waals surface area contributed by atoms with E-state index in [-0.39, 0.29) is 27.4 Å². The molecule has 3 heterocycles. The van der Waals surface area contributed by atoms with Crippen LogP contribution in [0.4, 0.5) is 10.1 Å². The van der Waals surface area contributed by atoms with Crippen molar-refractivity contribution in [3.63, 3.8) is 0 Å². The molecule has 2 N–H and O–H groups in total. The Bertz CT molecular complexity index is 1430. The summed E-state index contributed by atoms with van der Waals surface area (Å²) in [5.74, 6) is 0.359. The summed E-state index contributed by atoms with van der Waals surface area (Å²) < 4.78 is 20.7. The summed E-state index contributed by atoms with van der Waals surface area (Å²) in [4.78, 5) is 8.52. The third-order valence-corrected chi connectivity index (χ3v) is 5.58. The predicted octanol–water partition coefficient (Wildman–Crippen LogP) is 5.40. The number of benzene rings is 2. The van der Waals surface area contributed by atoms with Crippen LogP contribution in [0.15, 0.2) is 65.4 Å². The minimum atomic E-state index is -0.662. The van der Waals surface area contributed by atoms with Crippen molar-refractivity contribution in [2.45, 2.75) is 6.67 Å². The van der Waals surface area contributed by atoms with Gasteiger partial charge in [-0.25, -0.2) is 9.07 Å². The van der Waals surface area contributed by atoms with Gasteiger partial charge in [0.1, 0.15) is 12.4 Å². The van der Waals surface area contributed by atoms with Crippen molar-refractivity contribution in [3.8, 4) is 39.9 Å². The molecule has 33 heavy (non-hydrogen) atoms. The lowest BCUT2D eigenvalue weighted by atomic mass is 10.1. The zero-order chi connectivity index (χ0) is 22.9. The van der Waals surface area contributed by atoms with E-state index < -0.39 is 6.67 Å². The number of halogens is 3. The number of hydrogen-bond donors (Lipinski definition) is 1. The largest absolute Gasteiger partial charge is 0.396 e. The summed E-state index contributed by atoms with van der Waals surface area (Å²) in [6.45, 7) is -0.662. The predicted molar refractivity (Wildman–Crippen MR) is 123 cm³/mol. The van der Waals surface area contributed by atoms with E-state index in [0.29, 0.717) is 28.2 Å². The lowest BCUT2D eigenvalue weighted by Crippen LogP contribution is -2.03. The van der Waals surface area contributed by atoms with Gasteiger partial charge in [0.05, 0.1) is 21.4 Å². The Kier molecular flexibility index (Phi) is 5.49. The molecule has 0 saturated carbocycles. The number of nitrogens with zero attached hydrogens (tertiary/aromatic N) is 6. The van der Waals surface area contributed by atoms with E-state index in [0.717, 1.165) is 5.56 Å². The highest BCUT2D eigenvalue weighted by molar-refractivity contribution is 6.39. The first kappa shape index (κ1) is 21.0. The molecule has 0 saturated heterocycles. The SMILES string of the molecule is Nc1c(Cl)cc(-c2noc(-c3nnn(-c4ccccc4CF)c3-c3ccncc3)n2)cc1Cl. The molecule has 0 unspecified atom stereocenters. The monoisotopic (exact) mass is 481 g/mol. The van der Waals surface area contributed by atoms with Gasteiger partial charge in [-0.15, -0.1) is 5.10 Å². The van der Waals surface area contributed by atoms with Crippen LogP contribution in [-0.4, -0.2) is 30.1 Å². The van der Waals surface area contributed by atoms with Crippen LogP contribution in [-0.2, 0) is 6.67 Å². The Morgan fingerprint density at radius 2 is 1.73 bits per heavy atom. The van der Waals surface area contributed by atoms with Crippen LogP contribution >= 0.6 is 23.2 Å². The second-order valence-corrected chi connectivity index (χ2v) is 7.79. The van der Waals surface area contributed by atoms with E-state index >= 15 is 0 Å². The van der Waals surface area contributed by atoms with Gasteiger partial charge in [-0.1, -0.05) is 51.8 Å². The molecule has 0 amide bonds. The van der Waals surface area contributed by atoms with Crippen LogP contribution in [0.1, 0.15) is 5.56 Å². The molecule has 8 nitrogen and oxygen atoms in total. The van der Waals surface area contributed by atoms with E-state index in [1.165, 1.54) is 0 Å². The van der Waals surface area contributed by atoms with Gasteiger partial charge in [0.25, 0.3) is 5.89 Å². The topological polar surface area (TPSA) is 109 Å². The van der Waals surface area contributed by atoms with Gasteiger partial charge in [0, 0.05) is 29.1 Å². The molecule has 0 atom stereocenters. The number of aromatic nitrogens is 6. The second kappa shape index (κ2) is 8.61. The molecule has 11 heteroatoms. The van der Waals surface area contributed by atoms with E-state index in [1.54, 1.807) is 65.6 Å². The van der Waals surface area contributed by atoms with Crippen LogP contribution in [0.3, 0.4) is 0 Å². The molecule has 0 aliphatic heterocycles. The molecule has 0 radical (unpaired) electrons. The van der Waals surface area contributed by atoms with Crippen molar-refractivity contribution < 1.29 is 8.91 Å². The first-order chi connectivity index (χ1) is 16.1. The minimum Gasteiger partial charge on any atom is -0.396 e. The molecule has 5 aromatic rings. The van der Waals surface area contributed by atoms with Crippen molar-refractivity contribution >= 4 is 28.9 Å². The van der Waals surface area contributed by atoms with Gasteiger partial charge < -0.3 is 10.3 Å². The molecule has 0 fully saturated rings. The number of rotatable bonds is 5. The normalized spacial score (nSPS) is 11.1. The highest BCUT2D eigenvalue weighted by atomic mass is 35.5. The van der Waals surface area contributed by atoms with Crippen LogP contribution in [0.2, 0.25) is 10.0 Å². The number of para-hydroxylation sites is 1. The minimum absolute atomic E-state index is 0.116. The van der Waals surface area contributed by atoms with Gasteiger partial charge in [0.2, 0.25) is 5.82 Å². The second-order valence-electron chi connectivity index (χ2n) is 6.97. The van der Waals surface area contributed by atoms with Crippen molar-refractivity contribution in [2.24, 2.45) is 0 Å². The average Bonchev–Trinajstić information content (AvgIpc) is 3.50. The first-order valence-electron chi connectivity index (χ1n) is 9.66. The summed E-state index contributed by atoms with van der Waals surface area (Å²) in [5, 5.41) is 13.1. The summed E-state index contributed by atoms with van der Waals surface area (Å²) in [5.41, 5.74) is 9.20. The van der Waals surface area contributed by atoms with Crippen molar-refractivity contribution in [1.29, 1.82) is 0 Å². The maximum atomic E-state index is 13.7. The van der Waals surface area contributed by atoms with Crippen LogP contribution in [0, 0.1) is 0 Å². The average molecular weight is 482 g/mol. The van der Waals surface area contributed by atoms with Crippen molar-refractivity contribution in [2.75, 3.05) is 5.73 Å². The molecule has 0 spiro atoms. The number of hydrogen-bond acceptors (Lipinski definition) is 7. The zero-order valence-corrected chi connectivity index (χ0v) is 18.3. The maximum Gasteiger partial charge on any atom is 0.281 e. The molecule has 164 valence electrons. The number of alkyl halides is 1. The molecule has 0 bridgehead atoms. The smallest absolute Gasteiger partial charge is 0.281 e. The Morgan fingerprint density at radius 1 is 1.00 bits per heavy atom. The fourth-order valence-corrected chi connectivity index (χ4v) is 3.83. The third kappa shape index (κ3) is 3.81. The number of nitrogen functional groups attached to an aromatic ring is 1. The van der Waals surface area contributed by atoms with E-state index in [1.807, 2.05) is 0 Å². The standard InChI is InChI=1S/C22H14Cl2FN7O/c23-15-9-14(10-16(24)18(15)26)21-28-22(33-30-21)19-20(12-5-7-27-8-6-12)32(31-29-19)17-4-2-1-3-13(17)11-25/h1-10H,11,26H2. The van der Waals surface area contributed by atoms with Crippen LogP contribution in [0.5, 0.6) is 0 Å². The highest BCUT2D eigenvalue weighted by Gasteiger charge is 2.24. The van der Waals surface area contributed by atoms with Gasteiger partial charge in [-0.3, -0.25) is 4.98 Å². The fraction of sp³-hybridized carbons (Fsp3) is 0.0455. The maximum absolute atomic E-state index is 13.7. The van der Waals surface area contributed by atoms with E-state index in [4.69, 9.17) is 33.5 Å². The molecule has 2 aromatic carbocycles. The highest BCUT2D eigenvalue weighted by Crippen LogP contribution is 2.35. The van der Waals surface area contributed by atoms with Gasteiger partial charge >= 0.3 is 0 Å². The lowest BCUT2D eigenvalue weighted by Gasteiger charge is -2.10. The third-order valence-electron chi connectivity index (χ3n) is 4.95. The molecule has 3 aromatic heterocycles. The fourth-order valence-electron chi connectivity index (χ4n) is 3.34. The Hall–Kier alpha value is -3.82. The van der Waals surface area contributed by atoms with Crippen LogP contribution < -0.4 is 5.73 Å². The van der Waals surface area contributed by atoms with Crippen molar-refractivity contribution in [1.82, 2.24) is 30.1 Å². The number of anilines is 1. The Morgan fingerprint density at radius 3 is 2.45 bits per heavy atom.